The molecule has 1 atom stereocenters. The van der Waals surface area contributed by atoms with Crippen LogP contribution in [0.25, 0.3) is 0 Å². The first-order chi connectivity index (χ1) is 8.88. The topological polar surface area (TPSA) is 78.6 Å². The van der Waals surface area contributed by atoms with E-state index in [1.54, 1.807) is 25.1 Å². The van der Waals surface area contributed by atoms with Crippen molar-refractivity contribution in [1.82, 2.24) is 4.90 Å². The van der Waals surface area contributed by atoms with Gasteiger partial charge >= 0.3 is 0 Å². The van der Waals surface area contributed by atoms with Crippen molar-refractivity contribution in [2.45, 2.75) is 19.4 Å². The number of hydrogen-bond acceptors (Lipinski definition) is 4. The van der Waals surface area contributed by atoms with Crippen molar-refractivity contribution < 1.29 is 9.90 Å². The average molecular weight is 286 g/mol. The molecule has 0 bridgehead atoms. The fraction of sp³-hybridized carbons (Fsp3) is 0.462. The molecule has 19 heavy (non-hydrogen) atoms. The molecule has 1 rings (SSSR count). The van der Waals surface area contributed by atoms with Crippen molar-refractivity contribution in [1.29, 1.82) is 0 Å². The van der Waals surface area contributed by atoms with Gasteiger partial charge in [-0.15, -0.1) is 0 Å². The zero-order chi connectivity index (χ0) is 14.4. The summed E-state index contributed by atoms with van der Waals surface area (Å²) >= 11 is 5.78. The summed E-state index contributed by atoms with van der Waals surface area (Å²) in [6.45, 7) is 2.82. The Morgan fingerprint density at radius 1 is 1.58 bits per heavy atom. The standard InChI is InChI=1S/C13H20ClN3O2/c1-9(18)8-17(2)6-5-13(19)16-12-4-3-10(14)7-11(12)15/h3-4,7,9,18H,5-6,8,15H2,1-2H3,(H,16,19). The highest BCUT2D eigenvalue weighted by Gasteiger charge is 2.08. The molecule has 0 radical (unpaired) electrons. The van der Waals surface area contributed by atoms with E-state index in [-0.39, 0.29) is 5.91 Å². The van der Waals surface area contributed by atoms with E-state index in [1.165, 1.54) is 0 Å². The van der Waals surface area contributed by atoms with Gasteiger partial charge in [-0.05, 0) is 32.2 Å². The van der Waals surface area contributed by atoms with Gasteiger partial charge in [0.05, 0.1) is 17.5 Å². The summed E-state index contributed by atoms with van der Waals surface area (Å²) in [4.78, 5) is 13.6. The molecule has 4 N–H and O–H groups in total. The lowest BCUT2D eigenvalue weighted by Gasteiger charge is -2.18. The summed E-state index contributed by atoms with van der Waals surface area (Å²) in [6, 6.07) is 4.94. The fourth-order valence-electron chi connectivity index (χ4n) is 1.69. The van der Waals surface area contributed by atoms with Crippen LogP contribution in [-0.2, 0) is 4.79 Å². The van der Waals surface area contributed by atoms with E-state index >= 15 is 0 Å². The number of nitrogen functional groups attached to an aromatic ring is 1. The number of amides is 1. The van der Waals surface area contributed by atoms with Gasteiger partial charge in [-0.2, -0.15) is 0 Å². The monoisotopic (exact) mass is 285 g/mol. The number of carbonyl (C=O) groups excluding carboxylic acids is 1. The molecule has 0 aliphatic carbocycles. The number of halogens is 1. The quantitative estimate of drug-likeness (QED) is 0.693. The predicted molar refractivity (Wildman–Crippen MR) is 78.3 cm³/mol. The Hall–Kier alpha value is -1.30. The van der Waals surface area contributed by atoms with Gasteiger partial charge in [-0.1, -0.05) is 11.6 Å². The molecule has 5 nitrogen and oxygen atoms in total. The predicted octanol–water partition coefficient (Wildman–Crippen LogP) is 1.56. The first-order valence-electron chi connectivity index (χ1n) is 6.10. The Labute approximate surface area is 118 Å². The number of likely N-dealkylation sites (N-methyl/N-ethyl adjacent to an activating group) is 1. The Kier molecular flexibility index (Phi) is 6.08. The van der Waals surface area contributed by atoms with E-state index in [1.807, 2.05) is 11.9 Å². The van der Waals surface area contributed by atoms with Crippen molar-refractivity contribution in [3.8, 4) is 0 Å². The summed E-state index contributed by atoms with van der Waals surface area (Å²) < 4.78 is 0. The van der Waals surface area contributed by atoms with Crippen LogP contribution in [0.4, 0.5) is 11.4 Å². The smallest absolute Gasteiger partial charge is 0.225 e. The van der Waals surface area contributed by atoms with Gasteiger partial charge in [-0.3, -0.25) is 4.79 Å². The van der Waals surface area contributed by atoms with E-state index in [9.17, 15) is 9.90 Å². The third-order valence-corrected chi connectivity index (χ3v) is 2.82. The van der Waals surface area contributed by atoms with Gasteiger partial charge in [-0.25, -0.2) is 0 Å². The van der Waals surface area contributed by atoms with Gasteiger partial charge in [0, 0.05) is 24.5 Å². The highest BCUT2D eigenvalue weighted by molar-refractivity contribution is 6.31. The average Bonchev–Trinajstić information content (AvgIpc) is 2.29. The lowest BCUT2D eigenvalue weighted by Crippen LogP contribution is -2.30. The van der Waals surface area contributed by atoms with Crippen molar-refractivity contribution in [2.24, 2.45) is 0 Å². The lowest BCUT2D eigenvalue weighted by molar-refractivity contribution is -0.116. The number of carbonyl (C=O) groups is 1. The number of anilines is 2. The van der Waals surface area contributed by atoms with E-state index < -0.39 is 6.10 Å². The molecule has 1 amide bonds. The van der Waals surface area contributed by atoms with Crippen molar-refractivity contribution in [3.05, 3.63) is 23.2 Å². The summed E-state index contributed by atoms with van der Waals surface area (Å²) in [5.74, 6) is -0.119. The van der Waals surface area contributed by atoms with Crippen molar-refractivity contribution in [2.75, 3.05) is 31.2 Å². The molecule has 0 fully saturated rings. The van der Waals surface area contributed by atoms with Crippen LogP contribution < -0.4 is 11.1 Å². The minimum absolute atomic E-state index is 0.119. The normalized spacial score (nSPS) is 12.5. The van der Waals surface area contributed by atoms with E-state index in [0.717, 1.165) is 0 Å². The van der Waals surface area contributed by atoms with E-state index in [2.05, 4.69) is 5.32 Å². The number of nitrogens with zero attached hydrogens (tertiary/aromatic N) is 1. The number of aliphatic hydroxyl groups is 1. The molecule has 0 aromatic heterocycles. The maximum atomic E-state index is 11.8. The van der Waals surface area contributed by atoms with Crippen molar-refractivity contribution in [3.63, 3.8) is 0 Å². The Morgan fingerprint density at radius 2 is 2.26 bits per heavy atom. The SMILES string of the molecule is CC(O)CN(C)CCC(=O)Nc1ccc(Cl)cc1N. The molecule has 0 saturated heterocycles. The van der Waals surface area contributed by atoms with Crippen LogP contribution in [0.15, 0.2) is 18.2 Å². The summed E-state index contributed by atoms with van der Waals surface area (Å²) in [5, 5.41) is 12.5. The van der Waals surface area contributed by atoms with Gasteiger partial charge in [0.15, 0.2) is 0 Å². The number of aliphatic hydroxyl groups excluding tert-OH is 1. The third-order valence-electron chi connectivity index (χ3n) is 2.58. The largest absolute Gasteiger partial charge is 0.397 e. The van der Waals surface area contributed by atoms with Crippen LogP contribution in [-0.4, -0.2) is 42.2 Å². The van der Waals surface area contributed by atoms with Crippen LogP contribution in [0.2, 0.25) is 5.02 Å². The third kappa shape index (κ3) is 5.92. The molecular weight excluding hydrogens is 266 g/mol. The highest BCUT2D eigenvalue weighted by atomic mass is 35.5. The summed E-state index contributed by atoms with van der Waals surface area (Å²) in [7, 11) is 1.86. The lowest BCUT2D eigenvalue weighted by atomic mass is 10.2. The molecule has 1 aromatic carbocycles. The van der Waals surface area contributed by atoms with Gasteiger partial charge in [0.2, 0.25) is 5.91 Å². The zero-order valence-corrected chi connectivity index (χ0v) is 11.9. The second-order valence-electron chi connectivity index (χ2n) is 4.64. The zero-order valence-electron chi connectivity index (χ0n) is 11.2. The van der Waals surface area contributed by atoms with Gasteiger partial charge < -0.3 is 21.1 Å². The summed E-state index contributed by atoms with van der Waals surface area (Å²) in [6.07, 6.45) is -0.0642. The Morgan fingerprint density at radius 3 is 2.84 bits per heavy atom. The van der Waals surface area contributed by atoms with Crippen LogP contribution in [0.1, 0.15) is 13.3 Å². The first kappa shape index (κ1) is 15.8. The molecule has 0 aliphatic heterocycles. The maximum absolute atomic E-state index is 11.8. The highest BCUT2D eigenvalue weighted by Crippen LogP contribution is 2.22. The van der Waals surface area contributed by atoms with E-state index in [0.29, 0.717) is 35.9 Å². The number of rotatable bonds is 6. The Bertz CT molecular complexity index is 438. The number of nitrogens with one attached hydrogen (secondary N) is 1. The minimum Gasteiger partial charge on any atom is -0.397 e. The van der Waals surface area contributed by atoms with Gasteiger partial charge in [0.25, 0.3) is 0 Å². The van der Waals surface area contributed by atoms with Crippen LogP contribution in [0.5, 0.6) is 0 Å². The van der Waals surface area contributed by atoms with E-state index in [4.69, 9.17) is 17.3 Å². The van der Waals surface area contributed by atoms with Crippen molar-refractivity contribution >= 4 is 28.9 Å². The Balaban J connectivity index is 2.43. The molecular formula is C13H20ClN3O2. The molecule has 106 valence electrons. The molecule has 1 unspecified atom stereocenters. The number of benzene rings is 1. The number of nitrogens with two attached hydrogens (primary N) is 1. The molecule has 6 heteroatoms. The summed E-state index contributed by atoms with van der Waals surface area (Å²) in [5.41, 5.74) is 6.75. The van der Waals surface area contributed by atoms with Gasteiger partial charge in [0.1, 0.15) is 0 Å². The second kappa shape index (κ2) is 7.33. The van der Waals surface area contributed by atoms with Crippen LogP contribution in [0.3, 0.4) is 0 Å². The fourth-order valence-corrected chi connectivity index (χ4v) is 1.88. The maximum Gasteiger partial charge on any atom is 0.225 e. The number of hydrogen-bond donors (Lipinski definition) is 3. The van der Waals surface area contributed by atoms with Crippen LogP contribution >= 0.6 is 11.6 Å². The minimum atomic E-state index is -0.403. The molecule has 0 heterocycles. The molecule has 0 aliphatic rings. The van der Waals surface area contributed by atoms with Crippen LogP contribution in [0, 0.1) is 0 Å². The molecule has 1 aromatic rings. The first-order valence-corrected chi connectivity index (χ1v) is 6.47. The molecule has 0 saturated carbocycles. The molecule has 0 spiro atoms. The second-order valence-corrected chi connectivity index (χ2v) is 5.08.